The molecule has 0 radical (unpaired) electrons. The molecule has 0 spiro atoms. The summed E-state index contributed by atoms with van der Waals surface area (Å²) >= 11 is 5.87. The summed E-state index contributed by atoms with van der Waals surface area (Å²) in [5.74, 6) is -0.138. The van der Waals surface area contributed by atoms with Crippen LogP contribution in [0.3, 0.4) is 0 Å². The first kappa shape index (κ1) is 17.0. The Balaban J connectivity index is 1.64. The molecule has 0 fully saturated rings. The number of aromatic amines is 1. The third kappa shape index (κ3) is 3.45. The van der Waals surface area contributed by atoms with Crippen molar-refractivity contribution in [2.45, 2.75) is 0 Å². The summed E-state index contributed by atoms with van der Waals surface area (Å²) in [6.07, 6.45) is 1.28. The number of halogens is 1. The molecule has 4 aromatic rings. The zero-order chi connectivity index (χ0) is 18.8. The highest BCUT2D eigenvalue weighted by molar-refractivity contribution is 6.30. The number of benzene rings is 3. The van der Waals surface area contributed by atoms with Gasteiger partial charge in [-0.3, -0.25) is 9.59 Å². The number of rotatable bonds is 3. The van der Waals surface area contributed by atoms with Crippen LogP contribution < -0.4 is 10.9 Å². The van der Waals surface area contributed by atoms with Crippen molar-refractivity contribution in [3.63, 3.8) is 0 Å². The lowest BCUT2D eigenvalue weighted by molar-refractivity contribution is 0.102. The van der Waals surface area contributed by atoms with Gasteiger partial charge in [-0.15, -0.1) is 0 Å². The lowest BCUT2D eigenvalue weighted by Crippen LogP contribution is -2.24. The quantitative estimate of drug-likeness (QED) is 0.553. The molecule has 6 heteroatoms. The number of nitrogens with one attached hydrogen (secondary N) is 2. The first-order valence-electron chi connectivity index (χ1n) is 8.26. The predicted molar refractivity (Wildman–Crippen MR) is 107 cm³/mol. The van der Waals surface area contributed by atoms with Crippen molar-refractivity contribution in [2.24, 2.45) is 0 Å². The van der Waals surface area contributed by atoms with Crippen LogP contribution in [0.25, 0.3) is 22.2 Å². The predicted octanol–water partition coefficient (Wildman–Crippen LogP) is 4.50. The summed E-state index contributed by atoms with van der Waals surface area (Å²) in [4.78, 5) is 31.8. The molecule has 1 aromatic heterocycles. The molecule has 5 nitrogen and oxygen atoms in total. The molecule has 1 amide bonds. The molecule has 0 saturated carbocycles. The van der Waals surface area contributed by atoms with E-state index in [0.29, 0.717) is 22.1 Å². The number of amides is 1. The Kier molecular flexibility index (Phi) is 4.44. The highest BCUT2D eigenvalue weighted by atomic mass is 35.5. The number of carbonyl (C=O) groups excluding carboxylic acids is 1. The second-order valence-corrected chi connectivity index (χ2v) is 6.40. The molecule has 0 unspecified atom stereocenters. The fourth-order valence-corrected chi connectivity index (χ4v) is 2.96. The molecule has 0 bridgehead atoms. The highest BCUT2D eigenvalue weighted by Crippen LogP contribution is 2.23. The van der Waals surface area contributed by atoms with Crippen LogP contribution in [0.2, 0.25) is 5.02 Å². The Labute approximate surface area is 159 Å². The molecule has 1 heterocycles. The summed E-state index contributed by atoms with van der Waals surface area (Å²) in [7, 11) is 0. The minimum absolute atomic E-state index is 0.0550. The Bertz CT molecular complexity index is 1190. The smallest absolute Gasteiger partial charge is 0.264 e. The fourth-order valence-electron chi connectivity index (χ4n) is 2.84. The summed E-state index contributed by atoms with van der Waals surface area (Å²) in [6.45, 7) is 0. The van der Waals surface area contributed by atoms with Crippen molar-refractivity contribution in [3.05, 3.63) is 93.9 Å². The number of anilines is 1. The maximum atomic E-state index is 12.6. The minimum atomic E-state index is -0.511. The van der Waals surface area contributed by atoms with Crippen LogP contribution in [0.1, 0.15) is 10.4 Å². The van der Waals surface area contributed by atoms with E-state index in [4.69, 9.17) is 11.6 Å². The van der Waals surface area contributed by atoms with E-state index in [1.165, 1.54) is 6.20 Å². The van der Waals surface area contributed by atoms with Crippen LogP contribution in [0.5, 0.6) is 0 Å². The van der Waals surface area contributed by atoms with Gasteiger partial charge in [-0.05, 0) is 35.7 Å². The number of aromatic nitrogens is 2. The van der Waals surface area contributed by atoms with E-state index < -0.39 is 11.5 Å². The van der Waals surface area contributed by atoms with Crippen molar-refractivity contribution in [3.8, 4) is 11.4 Å². The normalized spacial score (nSPS) is 10.7. The SMILES string of the molecule is O=C(Nc1cccc2ccccc12)c1cnc(-c2ccc(Cl)cc2)[nH]c1=O. The monoisotopic (exact) mass is 375 g/mol. The minimum Gasteiger partial charge on any atom is -0.321 e. The summed E-state index contributed by atoms with van der Waals surface area (Å²) in [5.41, 5.74) is 0.783. The number of hydrogen-bond acceptors (Lipinski definition) is 3. The number of fused-ring (bicyclic) bond motifs is 1. The Morgan fingerprint density at radius 3 is 2.48 bits per heavy atom. The van der Waals surface area contributed by atoms with E-state index in [-0.39, 0.29) is 5.56 Å². The Morgan fingerprint density at radius 1 is 0.963 bits per heavy atom. The molecule has 0 atom stereocenters. The van der Waals surface area contributed by atoms with E-state index in [1.807, 2.05) is 36.4 Å². The largest absolute Gasteiger partial charge is 0.321 e. The van der Waals surface area contributed by atoms with Crippen LogP contribution in [0.4, 0.5) is 5.69 Å². The average Bonchev–Trinajstić information content (AvgIpc) is 2.68. The topological polar surface area (TPSA) is 74.8 Å². The maximum absolute atomic E-state index is 12.6. The number of H-pyrrole nitrogens is 1. The number of carbonyl (C=O) groups is 1. The van der Waals surface area contributed by atoms with Gasteiger partial charge in [0.25, 0.3) is 11.5 Å². The zero-order valence-corrected chi connectivity index (χ0v) is 14.8. The molecule has 2 N–H and O–H groups in total. The standard InChI is InChI=1S/C21H14ClN3O2/c22-15-10-8-14(9-11-15)19-23-12-17(21(27)25-19)20(26)24-18-7-3-5-13-4-1-2-6-16(13)18/h1-12H,(H,24,26)(H,23,25,27). The molecular formula is C21H14ClN3O2. The molecule has 132 valence electrons. The van der Waals surface area contributed by atoms with Gasteiger partial charge in [-0.25, -0.2) is 4.98 Å². The van der Waals surface area contributed by atoms with Crippen LogP contribution in [0.15, 0.2) is 77.7 Å². The average molecular weight is 376 g/mol. The van der Waals surface area contributed by atoms with E-state index in [9.17, 15) is 9.59 Å². The summed E-state index contributed by atoms with van der Waals surface area (Å²) in [6, 6.07) is 20.2. The van der Waals surface area contributed by atoms with Gasteiger partial charge in [0.05, 0.1) is 0 Å². The van der Waals surface area contributed by atoms with E-state index in [2.05, 4.69) is 15.3 Å². The van der Waals surface area contributed by atoms with Crippen LogP contribution in [-0.4, -0.2) is 15.9 Å². The van der Waals surface area contributed by atoms with Gasteiger partial charge >= 0.3 is 0 Å². The van der Waals surface area contributed by atoms with E-state index in [1.54, 1.807) is 30.3 Å². The second-order valence-electron chi connectivity index (χ2n) is 5.96. The van der Waals surface area contributed by atoms with Gasteiger partial charge in [0, 0.05) is 27.9 Å². The van der Waals surface area contributed by atoms with E-state index >= 15 is 0 Å². The van der Waals surface area contributed by atoms with Gasteiger partial charge in [0.2, 0.25) is 0 Å². The van der Waals surface area contributed by atoms with Gasteiger partial charge in [0.15, 0.2) is 0 Å². The number of hydrogen-bond donors (Lipinski definition) is 2. The molecule has 3 aromatic carbocycles. The third-order valence-corrected chi connectivity index (χ3v) is 4.45. The first-order chi connectivity index (χ1) is 13.1. The van der Waals surface area contributed by atoms with Crippen molar-refractivity contribution >= 4 is 34.0 Å². The molecule has 27 heavy (non-hydrogen) atoms. The molecule has 0 aliphatic heterocycles. The summed E-state index contributed by atoms with van der Waals surface area (Å²) < 4.78 is 0. The van der Waals surface area contributed by atoms with Crippen molar-refractivity contribution in [1.29, 1.82) is 0 Å². The van der Waals surface area contributed by atoms with Gasteiger partial charge in [-0.1, -0.05) is 48.0 Å². The van der Waals surface area contributed by atoms with Crippen molar-refractivity contribution in [2.75, 3.05) is 5.32 Å². The number of nitrogens with zero attached hydrogens (tertiary/aromatic N) is 1. The lowest BCUT2D eigenvalue weighted by atomic mass is 10.1. The van der Waals surface area contributed by atoms with Crippen LogP contribution >= 0.6 is 11.6 Å². The molecule has 0 aliphatic rings. The second kappa shape index (κ2) is 7.05. The third-order valence-electron chi connectivity index (χ3n) is 4.20. The molecular weight excluding hydrogens is 362 g/mol. The maximum Gasteiger partial charge on any atom is 0.264 e. The van der Waals surface area contributed by atoms with Crippen molar-refractivity contribution < 1.29 is 4.79 Å². The van der Waals surface area contributed by atoms with Gasteiger partial charge < -0.3 is 10.3 Å². The van der Waals surface area contributed by atoms with Crippen LogP contribution in [0, 0.1) is 0 Å². The first-order valence-corrected chi connectivity index (χ1v) is 8.64. The molecule has 0 aliphatic carbocycles. The van der Waals surface area contributed by atoms with Gasteiger partial charge in [-0.2, -0.15) is 0 Å². The van der Waals surface area contributed by atoms with Crippen molar-refractivity contribution in [1.82, 2.24) is 9.97 Å². The highest BCUT2D eigenvalue weighted by Gasteiger charge is 2.14. The fraction of sp³-hybridized carbons (Fsp3) is 0. The van der Waals surface area contributed by atoms with Gasteiger partial charge in [0.1, 0.15) is 11.4 Å². The zero-order valence-electron chi connectivity index (χ0n) is 14.1. The van der Waals surface area contributed by atoms with E-state index in [0.717, 1.165) is 10.8 Å². The lowest BCUT2D eigenvalue weighted by Gasteiger charge is -2.09. The Morgan fingerprint density at radius 2 is 1.70 bits per heavy atom. The van der Waals surface area contributed by atoms with Crippen LogP contribution in [-0.2, 0) is 0 Å². The molecule has 0 saturated heterocycles. The summed E-state index contributed by atoms with van der Waals surface area (Å²) in [5, 5.41) is 5.28. The Hall–Kier alpha value is -3.44. The molecule has 4 rings (SSSR count).